The van der Waals surface area contributed by atoms with Crippen LogP contribution in [0.4, 0.5) is 5.82 Å². The Morgan fingerprint density at radius 3 is 2.68 bits per heavy atom. The van der Waals surface area contributed by atoms with E-state index in [1.165, 1.54) is 4.88 Å². The van der Waals surface area contributed by atoms with E-state index in [4.69, 9.17) is 14.5 Å². The summed E-state index contributed by atoms with van der Waals surface area (Å²) in [4.78, 5) is 11.6. The maximum atomic E-state index is 5.40. The molecule has 4 rings (SSSR count). The smallest absolute Gasteiger partial charge is 0.253 e. The minimum absolute atomic E-state index is 0.553. The number of thiophene rings is 1. The predicted molar refractivity (Wildman–Crippen MR) is 111 cm³/mol. The molecule has 0 aliphatic carbocycles. The molecule has 0 saturated heterocycles. The molecule has 0 aliphatic heterocycles. The zero-order chi connectivity index (χ0) is 19.5. The lowest BCUT2D eigenvalue weighted by Crippen LogP contribution is -2.07. The van der Waals surface area contributed by atoms with Crippen molar-refractivity contribution in [2.75, 3.05) is 19.5 Å². The zero-order valence-corrected chi connectivity index (χ0v) is 16.8. The van der Waals surface area contributed by atoms with Gasteiger partial charge in [-0.25, -0.2) is 4.68 Å². The number of rotatable bonds is 7. The number of hydrogen-bond acceptors (Lipinski definition) is 7. The summed E-state index contributed by atoms with van der Waals surface area (Å²) in [5.74, 6) is 2.76. The lowest BCUT2D eigenvalue weighted by atomic mass is 10.2. The highest BCUT2D eigenvalue weighted by Crippen LogP contribution is 2.31. The summed E-state index contributed by atoms with van der Waals surface area (Å²) in [6.07, 6.45) is 4.52. The molecular weight excluding hydrogens is 374 g/mol. The van der Waals surface area contributed by atoms with Crippen molar-refractivity contribution in [1.82, 2.24) is 19.7 Å². The Labute approximate surface area is 167 Å². The summed E-state index contributed by atoms with van der Waals surface area (Å²) in [6, 6.07) is 9.89. The van der Waals surface area contributed by atoms with E-state index in [2.05, 4.69) is 28.4 Å². The first kappa shape index (κ1) is 18.2. The Balaban J connectivity index is 1.68. The second kappa shape index (κ2) is 7.85. The SMILES string of the molecule is CCc1cc2c(NCc3ccc(OC)c(OC)c3)nc(-n3cccn3)nc2s1. The molecule has 28 heavy (non-hydrogen) atoms. The maximum Gasteiger partial charge on any atom is 0.253 e. The molecule has 7 nitrogen and oxygen atoms in total. The minimum Gasteiger partial charge on any atom is -0.493 e. The third-order valence-electron chi connectivity index (χ3n) is 4.40. The molecule has 8 heteroatoms. The van der Waals surface area contributed by atoms with Crippen LogP contribution in [-0.2, 0) is 13.0 Å². The van der Waals surface area contributed by atoms with Crippen LogP contribution in [0.25, 0.3) is 16.2 Å². The van der Waals surface area contributed by atoms with Crippen molar-refractivity contribution in [3.63, 3.8) is 0 Å². The van der Waals surface area contributed by atoms with E-state index in [1.54, 1.807) is 36.4 Å². The van der Waals surface area contributed by atoms with Gasteiger partial charge in [-0.3, -0.25) is 0 Å². The van der Waals surface area contributed by atoms with Gasteiger partial charge in [-0.1, -0.05) is 13.0 Å². The number of aromatic nitrogens is 4. The summed E-state index contributed by atoms with van der Waals surface area (Å²) < 4.78 is 12.4. The number of methoxy groups -OCH3 is 2. The van der Waals surface area contributed by atoms with Gasteiger partial charge in [0.15, 0.2) is 11.5 Å². The van der Waals surface area contributed by atoms with E-state index in [9.17, 15) is 0 Å². The van der Waals surface area contributed by atoms with Crippen LogP contribution in [0.15, 0.2) is 42.7 Å². The van der Waals surface area contributed by atoms with Gasteiger partial charge in [0.1, 0.15) is 10.6 Å². The van der Waals surface area contributed by atoms with Gasteiger partial charge in [0.25, 0.3) is 5.95 Å². The predicted octanol–water partition coefficient (Wildman–Crippen LogP) is 4.07. The summed E-state index contributed by atoms with van der Waals surface area (Å²) in [6.45, 7) is 2.74. The molecule has 0 fully saturated rings. The standard InChI is InChI=1S/C20H21N5O2S/c1-4-14-11-15-18(21-12-13-6-7-16(26-2)17(10-13)27-3)23-20(24-19(15)28-14)25-9-5-8-22-25/h5-11H,4,12H2,1-3H3,(H,21,23,24). The number of anilines is 1. The van der Waals surface area contributed by atoms with Gasteiger partial charge in [-0.2, -0.15) is 15.1 Å². The number of ether oxygens (including phenoxy) is 2. The van der Waals surface area contributed by atoms with Gasteiger partial charge in [0, 0.05) is 23.8 Å². The molecule has 0 atom stereocenters. The fraction of sp³-hybridized carbons (Fsp3) is 0.250. The van der Waals surface area contributed by atoms with Crippen molar-refractivity contribution in [3.05, 3.63) is 53.2 Å². The number of benzene rings is 1. The molecule has 1 aromatic carbocycles. The number of hydrogen-bond donors (Lipinski definition) is 1. The van der Waals surface area contributed by atoms with E-state index in [-0.39, 0.29) is 0 Å². The van der Waals surface area contributed by atoms with Gasteiger partial charge in [0.05, 0.1) is 19.6 Å². The second-order valence-corrected chi connectivity index (χ2v) is 7.27. The van der Waals surface area contributed by atoms with Crippen molar-refractivity contribution >= 4 is 27.4 Å². The van der Waals surface area contributed by atoms with Crippen LogP contribution < -0.4 is 14.8 Å². The Kier molecular flexibility index (Phi) is 5.12. The molecule has 3 aromatic heterocycles. The molecule has 0 aliphatic rings. The first-order valence-electron chi connectivity index (χ1n) is 8.97. The van der Waals surface area contributed by atoms with Crippen LogP contribution in [-0.4, -0.2) is 34.0 Å². The fourth-order valence-corrected chi connectivity index (χ4v) is 3.90. The van der Waals surface area contributed by atoms with Gasteiger partial charge in [-0.15, -0.1) is 11.3 Å². The molecule has 0 saturated carbocycles. The van der Waals surface area contributed by atoms with Crippen molar-refractivity contribution in [2.45, 2.75) is 19.9 Å². The van der Waals surface area contributed by atoms with Crippen molar-refractivity contribution in [3.8, 4) is 17.4 Å². The highest BCUT2D eigenvalue weighted by Gasteiger charge is 2.13. The number of nitrogens with zero attached hydrogens (tertiary/aromatic N) is 4. The number of nitrogens with one attached hydrogen (secondary N) is 1. The van der Waals surface area contributed by atoms with Gasteiger partial charge >= 0.3 is 0 Å². The second-order valence-electron chi connectivity index (χ2n) is 6.15. The lowest BCUT2D eigenvalue weighted by Gasteiger charge is -2.12. The molecule has 0 radical (unpaired) electrons. The van der Waals surface area contributed by atoms with Gasteiger partial charge < -0.3 is 14.8 Å². The summed E-state index contributed by atoms with van der Waals surface area (Å²) in [5, 5.41) is 8.74. The number of aryl methyl sites for hydroxylation is 1. The first-order chi connectivity index (χ1) is 13.7. The average Bonchev–Trinajstić information content (AvgIpc) is 3.41. The summed E-state index contributed by atoms with van der Waals surface area (Å²) in [7, 11) is 3.27. The molecule has 144 valence electrons. The van der Waals surface area contributed by atoms with E-state index < -0.39 is 0 Å². The molecular formula is C20H21N5O2S. The van der Waals surface area contributed by atoms with E-state index in [1.807, 2.05) is 30.5 Å². The molecule has 4 aromatic rings. The van der Waals surface area contributed by atoms with Crippen molar-refractivity contribution < 1.29 is 9.47 Å². The fourth-order valence-electron chi connectivity index (χ4n) is 2.94. The highest BCUT2D eigenvalue weighted by molar-refractivity contribution is 7.18. The highest BCUT2D eigenvalue weighted by atomic mass is 32.1. The Morgan fingerprint density at radius 1 is 1.11 bits per heavy atom. The average molecular weight is 395 g/mol. The molecule has 0 spiro atoms. The van der Waals surface area contributed by atoms with Crippen LogP contribution in [0.2, 0.25) is 0 Å². The normalized spacial score (nSPS) is 11.0. The van der Waals surface area contributed by atoms with Crippen LogP contribution in [0.1, 0.15) is 17.4 Å². The quantitative estimate of drug-likeness (QED) is 0.508. The van der Waals surface area contributed by atoms with Gasteiger partial charge in [-0.05, 0) is 36.2 Å². The van der Waals surface area contributed by atoms with Crippen molar-refractivity contribution in [2.24, 2.45) is 0 Å². The third-order valence-corrected chi connectivity index (χ3v) is 5.57. The van der Waals surface area contributed by atoms with E-state index in [0.29, 0.717) is 24.0 Å². The minimum atomic E-state index is 0.553. The monoisotopic (exact) mass is 395 g/mol. The van der Waals surface area contributed by atoms with Crippen LogP contribution in [0.5, 0.6) is 11.5 Å². The van der Waals surface area contributed by atoms with E-state index >= 15 is 0 Å². The van der Waals surface area contributed by atoms with Crippen molar-refractivity contribution in [1.29, 1.82) is 0 Å². The number of fused-ring (bicyclic) bond motifs is 1. The summed E-state index contributed by atoms with van der Waals surface area (Å²) >= 11 is 1.69. The van der Waals surface area contributed by atoms with Crippen LogP contribution in [0.3, 0.4) is 0 Å². The largest absolute Gasteiger partial charge is 0.493 e. The van der Waals surface area contributed by atoms with Gasteiger partial charge in [0.2, 0.25) is 0 Å². The van der Waals surface area contributed by atoms with Crippen LogP contribution in [0, 0.1) is 0 Å². The van der Waals surface area contributed by atoms with E-state index in [0.717, 1.165) is 28.0 Å². The molecule has 0 bridgehead atoms. The first-order valence-corrected chi connectivity index (χ1v) is 9.78. The Bertz CT molecular complexity index is 1090. The maximum absolute atomic E-state index is 5.40. The molecule has 3 heterocycles. The Morgan fingerprint density at radius 2 is 1.96 bits per heavy atom. The Hall–Kier alpha value is -3.13. The van der Waals surface area contributed by atoms with Crippen LogP contribution >= 0.6 is 11.3 Å². The molecule has 0 unspecified atom stereocenters. The zero-order valence-electron chi connectivity index (χ0n) is 16.0. The topological polar surface area (TPSA) is 74.1 Å². The lowest BCUT2D eigenvalue weighted by molar-refractivity contribution is 0.354. The molecule has 1 N–H and O–H groups in total. The summed E-state index contributed by atoms with van der Waals surface area (Å²) in [5.41, 5.74) is 1.07. The molecule has 0 amide bonds. The third kappa shape index (κ3) is 3.50.